The fourth-order valence-electron chi connectivity index (χ4n) is 1.46. The van der Waals surface area contributed by atoms with Crippen LogP contribution in [0.5, 0.6) is 0 Å². The van der Waals surface area contributed by atoms with Gasteiger partial charge in [-0.1, -0.05) is 0 Å². The van der Waals surface area contributed by atoms with Crippen LogP contribution in [0.1, 0.15) is 0 Å². The van der Waals surface area contributed by atoms with E-state index in [1.165, 1.54) is 0 Å². The maximum Gasteiger partial charge on any atom is 0.225 e. The van der Waals surface area contributed by atoms with Gasteiger partial charge in [-0.15, -0.1) is 0 Å². The number of likely N-dealkylation sites (N-methyl/N-ethyl adjacent to an activating group) is 1. The topological polar surface area (TPSA) is 49.3 Å². The van der Waals surface area contributed by atoms with E-state index in [-0.39, 0.29) is 0 Å². The van der Waals surface area contributed by atoms with Crippen LogP contribution in [0, 0.1) is 0 Å². The van der Waals surface area contributed by atoms with E-state index in [2.05, 4.69) is 26.8 Å². The molecule has 15 heavy (non-hydrogen) atoms. The molecule has 0 bridgehead atoms. The molecule has 0 radical (unpaired) electrons. The van der Waals surface area contributed by atoms with Gasteiger partial charge >= 0.3 is 0 Å². The van der Waals surface area contributed by atoms with Crippen molar-refractivity contribution in [2.45, 2.75) is 0 Å². The van der Waals surface area contributed by atoms with Crippen molar-refractivity contribution in [1.29, 1.82) is 0 Å². The summed E-state index contributed by atoms with van der Waals surface area (Å²) in [6.45, 7) is 6.25. The first-order chi connectivity index (χ1) is 7.36. The van der Waals surface area contributed by atoms with E-state index in [4.69, 9.17) is 4.79 Å². The van der Waals surface area contributed by atoms with Gasteiger partial charge < -0.3 is 14.6 Å². The molecule has 0 unspecified atom stereocenters. The molecule has 1 aromatic rings. The summed E-state index contributed by atoms with van der Waals surface area (Å²) in [5, 5.41) is 0. The molecule has 0 N–H and O–H groups in total. The highest BCUT2D eigenvalue weighted by Crippen LogP contribution is 2.07. The Morgan fingerprint density at radius 1 is 1.13 bits per heavy atom. The van der Waals surface area contributed by atoms with Gasteiger partial charge in [-0.2, -0.15) is 0 Å². The summed E-state index contributed by atoms with van der Waals surface area (Å²) in [6.07, 6.45) is 3.58. The number of hydrogen-bond donors (Lipinski definition) is 0. The maximum atomic E-state index is 8.00. The van der Waals surface area contributed by atoms with Gasteiger partial charge in [0.2, 0.25) is 5.95 Å². The lowest BCUT2D eigenvalue weighted by atomic mass is 10.3. The predicted molar refractivity (Wildman–Crippen MR) is 58.9 cm³/mol. The van der Waals surface area contributed by atoms with Crippen LogP contribution in [0.25, 0.3) is 0 Å². The summed E-state index contributed by atoms with van der Waals surface area (Å²) in [4.78, 5) is 21.0. The molecule has 5 nitrogen and oxygen atoms in total. The van der Waals surface area contributed by atoms with Gasteiger partial charge in [0.05, 0.1) is 0 Å². The number of anilines is 1. The maximum absolute atomic E-state index is 8.00. The minimum atomic E-state index is 0.857. The lowest BCUT2D eigenvalue weighted by molar-refractivity contribution is -0.0979. The molecule has 1 aromatic heterocycles. The molecule has 1 aliphatic heterocycles. The Bertz CT molecular complexity index is 272. The fraction of sp³-hybridized carbons (Fsp3) is 0.500. The van der Waals surface area contributed by atoms with E-state index >= 15 is 0 Å². The van der Waals surface area contributed by atoms with Gasteiger partial charge in [-0.25, -0.2) is 9.97 Å². The van der Waals surface area contributed by atoms with E-state index < -0.39 is 0 Å². The highest BCUT2D eigenvalue weighted by molar-refractivity contribution is 5.28. The zero-order valence-electron chi connectivity index (χ0n) is 8.96. The van der Waals surface area contributed by atoms with Crippen LogP contribution < -0.4 is 4.90 Å². The van der Waals surface area contributed by atoms with Crippen molar-refractivity contribution in [3.05, 3.63) is 18.5 Å². The number of aromatic nitrogens is 2. The van der Waals surface area contributed by atoms with Gasteiger partial charge in [0.25, 0.3) is 0 Å². The van der Waals surface area contributed by atoms with E-state index in [0.29, 0.717) is 0 Å². The summed E-state index contributed by atoms with van der Waals surface area (Å²) in [7, 11) is 2.14. The molecular formula is C10H16N4O. The Morgan fingerprint density at radius 2 is 1.67 bits per heavy atom. The molecule has 1 fully saturated rings. The number of piperazine rings is 1. The Morgan fingerprint density at radius 3 is 2.20 bits per heavy atom. The number of carbonyl (C=O) groups is 1. The van der Waals surface area contributed by atoms with Crippen molar-refractivity contribution in [2.24, 2.45) is 0 Å². The minimum absolute atomic E-state index is 0.857. The van der Waals surface area contributed by atoms with Crippen LogP contribution in [-0.4, -0.2) is 54.9 Å². The zero-order chi connectivity index (χ0) is 11.1. The van der Waals surface area contributed by atoms with Crippen LogP contribution >= 0.6 is 0 Å². The molecule has 0 amide bonds. The SMILES string of the molecule is C=O.CN1CCN(c2ncccn2)CC1. The molecule has 0 aromatic carbocycles. The first-order valence-electron chi connectivity index (χ1n) is 4.85. The molecular weight excluding hydrogens is 192 g/mol. The van der Waals surface area contributed by atoms with Gasteiger partial charge in [0.1, 0.15) is 6.79 Å². The average Bonchev–Trinajstić information content (AvgIpc) is 2.34. The summed E-state index contributed by atoms with van der Waals surface area (Å²) >= 11 is 0. The largest absolute Gasteiger partial charge is 0.338 e. The smallest absolute Gasteiger partial charge is 0.225 e. The molecule has 0 aliphatic carbocycles. The Balaban J connectivity index is 0.000000531. The molecule has 0 saturated carbocycles. The van der Waals surface area contributed by atoms with E-state index in [1.807, 2.05) is 12.9 Å². The van der Waals surface area contributed by atoms with Crippen LogP contribution in [0.15, 0.2) is 18.5 Å². The Labute approximate surface area is 89.7 Å². The van der Waals surface area contributed by atoms with Crippen molar-refractivity contribution in [3.63, 3.8) is 0 Å². The lowest BCUT2D eigenvalue weighted by Gasteiger charge is -2.32. The van der Waals surface area contributed by atoms with Gasteiger partial charge in [-0.05, 0) is 13.1 Å². The standard InChI is InChI=1S/C9H14N4.CH2O/c1-12-5-7-13(8-6-12)9-10-3-2-4-11-9;1-2/h2-4H,5-8H2,1H3;1H2. The zero-order valence-corrected chi connectivity index (χ0v) is 8.96. The first kappa shape index (κ1) is 11.6. The molecule has 82 valence electrons. The third-order valence-corrected chi connectivity index (χ3v) is 2.34. The number of nitrogens with zero attached hydrogens (tertiary/aromatic N) is 4. The van der Waals surface area contributed by atoms with Crippen molar-refractivity contribution in [2.75, 3.05) is 38.1 Å². The van der Waals surface area contributed by atoms with Crippen LogP contribution in [0.4, 0.5) is 5.95 Å². The molecule has 1 saturated heterocycles. The lowest BCUT2D eigenvalue weighted by Crippen LogP contribution is -2.45. The van der Waals surface area contributed by atoms with Gasteiger partial charge in [0, 0.05) is 38.6 Å². The minimum Gasteiger partial charge on any atom is -0.338 e. The highest BCUT2D eigenvalue weighted by atomic mass is 16.1. The highest BCUT2D eigenvalue weighted by Gasteiger charge is 2.15. The monoisotopic (exact) mass is 208 g/mol. The third kappa shape index (κ3) is 3.28. The summed E-state index contributed by atoms with van der Waals surface area (Å²) < 4.78 is 0. The van der Waals surface area contributed by atoms with Crippen molar-refractivity contribution in [3.8, 4) is 0 Å². The second kappa shape index (κ2) is 6.08. The number of rotatable bonds is 1. The molecule has 5 heteroatoms. The van der Waals surface area contributed by atoms with Gasteiger partial charge in [-0.3, -0.25) is 0 Å². The quantitative estimate of drug-likeness (QED) is 0.652. The van der Waals surface area contributed by atoms with Gasteiger partial charge in [0.15, 0.2) is 0 Å². The molecule has 1 aliphatic rings. The Kier molecular flexibility index (Phi) is 4.70. The third-order valence-electron chi connectivity index (χ3n) is 2.34. The molecule has 0 spiro atoms. The molecule has 2 rings (SSSR count). The Hall–Kier alpha value is -1.49. The predicted octanol–water partition coefficient (Wildman–Crippen LogP) is 0.0435. The summed E-state index contributed by atoms with van der Waals surface area (Å²) in [5.74, 6) is 0.857. The van der Waals surface area contributed by atoms with E-state index in [9.17, 15) is 0 Å². The fourth-order valence-corrected chi connectivity index (χ4v) is 1.46. The second-order valence-corrected chi connectivity index (χ2v) is 3.34. The normalized spacial score (nSPS) is 16.7. The second-order valence-electron chi connectivity index (χ2n) is 3.34. The number of carbonyl (C=O) groups excluding carboxylic acids is 1. The first-order valence-corrected chi connectivity index (χ1v) is 4.85. The van der Waals surface area contributed by atoms with Crippen LogP contribution in [0.2, 0.25) is 0 Å². The van der Waals surface area contributed by atoms with Crippen LogP contribution in [0.3, 0.4) is 0 Å². The van der Waals surface area contributed by atoms with Crippen molar-refractivity contribution in [1.82, 2.24) is 14.9 Å². The average molecular weight is 208 g/mol. The summed E-state index contributed by atoms with van der Waals surface area (Å²) in [6, 6.07) is 1.85. The van der Waals surface area contributed by atoms with Crippen molar-refractivity contribution < 1.29 is 4.79 Å². The van der Waals surface area contributed by atoms with E-state index in [0.717, 1.165) is 32.1 Å². The van der Waals surface area contributed by atoms with E-state index in [1.54, 1.807) is 12.4 Å². The summed E-state index contributed by atoms with van der Waals surface area (Å²) in [5.41, 5.74) is 0. The number of hydrogen-bond acceptors (Lipinski definition) is 5. The molecule has 0 atom stereocenters. The van der Waals surface area contributed by atoms with Crippen LogP contribution in [-0.2, 0) is 4.79 Å². The van der Waals surface area contributed by atoms with Crippen molar-refractivity contribution >= 4 is 12.7 Å². The molecule has 2 heterocycles.